The van der Waals surface area contributed by atoms with E-state index in [4.69, 9.17) is 42.6 Å². The lowest BCUT2D eigenvalue weighted by molar-refractivity contribution is -0.362. The summed E-state index contributed by atoms with van der Waals surface area (Å²) in [5.41, 5.74) is 0. The molecule has 2 N–H and O–H groups in total. The minimum Gasteiger partial charge on any atom is -0.463 e. The Kier molecular flexibility index (Phi) is 10.9. The second-order valence-electron chi connectivity index (χ2n) is 7.61. The fourth-order valence-electron chi connectivity index (χ4n) is 3.92. The van der Waals surface area contributed by atoms with Gasteiger partial charge in [-0.25, -0.2) is 0 Å². The Hall–Kier alpha value is -1.42. The highest BCUT2D eigenvalue weighted by Crippen LogP contribution is 2.32. The molecule has 0 amide bonds. The maximum atomic E-state index is 11.4. The third-order valence-electron chi connectivity index (χ3n) is 5.51. The molecule has 0 spiro atoms. The van der Waals surface area contributed by atoms with Crippen molar-refractivity contribution < 1.29 is 62.4 Å². The minimum atomic E-state index is -1.38. The van der Waals surface area contributed by atoms with E-state index >= 15 is 0 Å². The number of rotatable bonds is 10. The molecule has 2 aliphatic rings. The van der Waals surface area contributed by atoms with Gasteiger partial charge in [-0.15, -0.1) is 0 Å². The van der Waals surface area contributed by atoms with Crippen molar-refractivity contribution in [2.24, 2.45) is 0 Å². The number of aliphatic hydroxyl groups is 2. The van der Waals surface area contributed by atoms with Gasteiger partial charge in [0.2, 0.25) is 0 Å². The van der Waals surface area contributed by atoms with Crippen LogP contribution in [-0.4, -0.2) is 125 Å². The molecule has 0 aliphatic carbocycles. The minimum absolute atomic E-state index is 0.245. The molecule has 0 saturated carbocycles. The standard InChI is InChI=1S/C20H34O13/c1-9(21)29-7-11-13(23)15(25-3)18(28-6)20(32-11)33-14-12(8-30-10(2)22)31-19(24)17(27-5)16(14)26-4/h11-20,23-24H,7-8H2,1-6H3/t11-,12-,13-,14-,15+,16+,17-,18-,19?,20-/m1/s1. The molecule has 2 saturated heterocycles. The van der Waals surface area contributed by atoms with Crippen molar-refractivity contribution in [3.8, 4) is 0 Å². The summed E-state index contributed by atoms with van der Waals surface area (Å²) in [7, 11) is 5.54. The third kappa shape index (κ3) is 6.81. The first kappa shape index (κ1) is 27.8. The SMILES string of the molecule is CO[C@H]1[C@@H](O[C@H]2[C@H](OC)[C@@H](OC)C(O)O[C@@H]2COC(C)=O)O[C@H](COC(C)=O)[C@@H](O)[C@@H]1OC. The number of ether oxygens (including phenoxy) is 9. The van der Waals surface area contributed by atoms with Crippen molar-refractivity contribution >= 4 is 11.9 Å². The lowest BCUT2D eigenvalue weighted by Gasteiger charge is -2.48. The van der Waals surface area contributed by atoms with Gasteiger partial charge < -0.3 is 52.8 Å². The lowest BCUT2D eigenvalue weighted by atomic mass is 9.96. The van der Waals surface area contributed by atoms with Crippen molar-refractivity contribution in [2.45, 2.75) is 75.3 Å². The number of hydrogen-bond donors (Lipinski definition) is 2. The van der Waals surface area contributed by atoms with Crippen LogP contribution in [0.2, 0.25) is 0 Å². The molecule has 0 aromatic heterocycles. The van der Waals surface area contributed by atoms with E-state index in [1.165, 1.54) is 42.3 Å². The highest BCUT2D eigenvalue weighted by atomic mass is 16.7. The Morgan fingerprint density at radius 1 is 0.697 bits per heavy atom. The summed E-state index contributed by atoms with van der Waals surface area (Å²) >= 11 is 0. The fraction of sp³-hybridized carbons (Fsp3) is 0.900. The first-order chi connectivity index (χ1) is 15.7. The first-order valence-corrected chi connectivity index (χ1v) is 10.4. The molecule has 33 heavy (non-hydrogen) atoms. The number of carbonyl (C=O) groups is 2. The average molecular weight is 482 g/mol. The molecule has 0 radical (unpaired) electrons. The highest BCUT2D eigenvalue weighted by Gasteiger charge is 2.52. The Morgan fingerprint density at radius 2 is 1.21 bits per heavy atom. The summed E-state index contributed by atoms with van der Waals surface area (Å²) in [6, 6.07) is 0. The number of hydrogen-bond acceptors (Lipinski definition) is 13. The van der Waals surface area contributed by atoms with E-state index in [0.29, 0.717) is 0 Å². The summed E-state index contributed by atoms with van der Waals surface area (Å²) in [4.78, 5) is 22.6. The van der Waals surface area contributed by atoms with E-state index in [1.807, 2.05) is 0 Å². The zero-order valence-electron chi connectivity index (χ0n) is 19.6. The van der Waals surface area contributed by atoms with Crippen LogP contribution in [0.25, 0.3) is 0 Å². The first-order valence-electron chi connectivity index (χ1n) is 10.4. The lowest BCUT2D eigenvalue weighted by Crippen LogP contribution is -2.65. The van der Waals surface area contributed by atoms with Gasteiger partial charge >= 0.3 is 11.9 Å². The Morgan fingerprint density at radius 3 is 1.70 bits per heavy atom. The van der Waals surface area contributed by atoms with Crippen LogP contribution in [0.3, 0.4) is 0 Å². The topological polar surface area (TPSA) is 158 Å². The second kappa shape index (κ2) is 12.9. The molecule has 13 heteroatoms. The number of methoxy groups -OCH3 is 4. The summed E-state index contributed by atoms with van der Waals surface area (Å²) in [6.07, 6.45) is -10.2. The van der Waals surface area contributed by atoms with Gasteiger partial charge in [-0.1, -0.05) is 0 Å². The average Bonchev–Trinajstić information content (AvgIpc) is 2.77. The van der Waals surface area contributed by atoms with Gasteiger partial charge in [0.25, 0.3) is 0 Å². The van der Waals surface area contributed by atoms with Crippen LogP contribution in [0, 0.1) is 0 Å². The van der Waals surface area contributed by atoms with Gasteiger partial charge in [-0.2, -0.15) is 0 Å². The molecular formula is C20H34O13. The predicted molar refractivity (Wildman–Crippen MR) is 107 cm³/mol. The van der Waals surface area contributed by atoms with Gasteiger partial charge in [0.15, 0.2) is 12.6 Å². The molecule has 10 atom stereocenters. The summed E-state index contributed by atoms with van der Waals surface area (Å²) in [5, 5.41) is 21.0. The van der Waals surface area contributed by atoms with Gasteiger partial charge in [0, 0.05) is 42.3 Å². The Balaban J connectivity index is 2.31. The summed E-state index contributed by atoms with van der Waals surface area (Å²) < 4.78 is 49.4. The maximum absolute atomic E-state index is 11.4. The maximum Gasteiger partial charge on any atom is 0.302 e. The smallest absolute Gasteiger partial charge is 0.302 e. The Labute approximate surface area is 192 Å². The van der Waals surface area contributed by atoms with E-state index in [0.717, 1.165) is 0 Å². The van der Waals surface area contributed by atoms with Crippen molar-refractivity contribution in [3.05, 3.63) is 0 Å². The van der Waals surface area contributed by atoms with Gasteiger partial charge in [-0.05, 0) is 0 Å². The van der Waals surface area contributed by atoms with E-state index in [2.05, 4.69) is 0 Å². The van der Waals surface area contributed by atoms with E-state index in [9.17, 15) is 19.8 Å². The van der Waals surface area contributed by atoms with Gasteiger partial charge in [0.1, 0.15) is 62.0 Å². The molecule has 0 aromatic rings. The predicted octanol–water partition coefficient (Wildman–Crippen LogP) is -1.64. The van der Waals surface area contributed by atoms with Gasteiger partial charge in [0.05, 0.1) is 0 Å². The van der Waals surface area contributed by atoms with Crippen molar-refractivity contribution in [1.29, 1.82) is 0 Å². The molecule has 2 rings (SSSR count). The molecule has 0 aromatic carbocycles. The molecule has 2 fully saturated rings. The molecule has 13 nitrogen and oxygen atoms in total. The fourth-order valence-corrected chi connectivity index (χ4v) is 3.92. The molecule has 1 unspecified atom stereocenters. The summed E-state index contributed by atoms with van der Waals surface area (Å²) in [6.45, 7) is 1.96. The third-order valence-corrected chi connectivity index (χ3v) is 5.51. The van der Waals surface area contributed by atoms with Crippen LogP contribution >= 0.6 is 0 Å². The van der Waals surface area contributed by atoms with Crippen LogP contribution in [0.5, 0.6) is 0 Å². The quantitative estimate of drug-likeness (QED) is 0.342. The second-order valence-corrected chi connectivity index (χ2v) is 7.61. The Bertz CT molecular complexity index is 631. The van der Waals surface area contributed by atoms with Crippen LogP contribution < -0.4 is 0 Å². The zero-order chi connectivity index (χ0) is 24.7. The van der Waals surface area contributed by atoms with E-state index in [1.54, 1.807) is 0 Å². The number of carbonyl (C=O) groups excluding carboxylic acids is 2. The van der Waals surface area contributed by atoms with Crippen LogP contribution in [0.4, 0.5) is 0 Å². The normalized spacial score (nSPS) is 39.2. The zero-order valence-corrected chi connectivity index (χ0v) is 19.6. The van der Waals surface area contributed by atoms with E-state index < -0.39 is 73.4 Å². The molecule has 192 valence electrons. The monoisotopic (exact) mass is 482 g/mol. The van der Waals surface area contributed by atoms with Crippen LogP contribution in [-0.2, 0) is 52.2 Å². The number of aliphatic hydroxyl groups excluding tert-OH is 2. The van der Waals surface area contributed by atoms with Crippen molar-refractivity contribution in [1.82, 2.24) is 0 Å². The van der Waals surface area contributed by atoms with Crippen molar-refractivity contribution in [2.75, 3.05) is 41.7 Å². The van der Waals surface area contributed by atoms with Crippen LogP contribution in [0.15, 0.2) is 0 Å². The number of esters is 2. The summed E-state index contributed by atoms with van der Waals surface area (Å²) in [5.74, 6) is -1.10. The molecular weight excluding hydrogens is 448 g/mol. The van der Waals surface area contributed by atoms with E-state index in [-0.39, 0.29) is 13.2 Å². The van der Waals surface area contributed by atoms with Crippen molar-refractivity contribution in [3.63, 3.8) is 0 Å². The highest BCUT2D eigenvalue weighted by molar-refractivity contribution is 5.66. The van der Waals surface area contributed by atoms with Crippen LogP contribution in [0.1, 0.15) is 13.8 Å². The largest absolute Gasteiger partial charge is 0.463 e. The molecule has 0 bridgehead atoms. The molecule has 2 aliphatic heterocycles. The molecule has 2 heterocycles. The van der Waals surface area contributed by atoms with Gasteiger partial charge in [-0.3, -0.25) is 9.59 Å².